The summed E-state index contributed by atoms with van der Waals surface area (Å²) in [6.07, 6.45) is 0. The molecule has 4 heteroatoms. The standard InChI is InChI=1S/C15H24N2O2/c1-11-7-12(2)9-14(8-11)19-6-5-17(4)15(18)13(3)10-16/h7-9,13H,5-6,10,16H2,1-4H3. The monoisotopic (exact) mass is 264 g/mol. The van der Waals surface area contributed by atoms with Crippen LogP contribution in [0.15, 0.2) is 18.2 Å². The molecule has 1 amide bonds. The Bertz CT molecular complexity index is 412. The summed E-state index contributed by atoms with van der Waals surface area (Å²) in [6.45, 7) is 7.35. The van der Waals surface area contributed by atoms with Crippen molar-refractivity contribution in [3.05, 3.63) is 29.3 Å². The van der Waals surface area contributed by atoms with Gasteiger partial charge in [-0.3, -0.25) is 4.79 Å². The summed E-state index contributed by atoms with van der Waals surface area (Å²) in [5.41, 5.74) is 7.84. The molecule has 0 aliphatic heterocycles. The Balaban J connectivity index is 2.43. The highest BCUT2D eigenvalue weighted by atomic mass is 16.5. The molecule has 0 bridgehead atoms. The van der Waals surface area contributed by atoms with Crippen LogP contribution in [0.4, 0.5) is 0 Å². The SMILES string of the molecule is Cc1cc(C)cc(OCCN(C)C(=O)C(C)CN)c1. The van der Waals surface area contributed by atoms with Crippen LogP contribution < -0.4 is 10.5 Å². The molecule has 2 N–H and O–H groups in total. The van der Waals surface area contributed by atoms with Gasteiger partial charge in [0.15, 0.2) is 0 Å². The fraction of sp³-hybridized carbons (Fsp3) is 0.533. The molecule has 0 heterocycles. The number of amides is 1. The van der Waals surface area contributed by atoms with E-state index in [1.165, 1.54) is 11.1 Å². The zero-order valence-electron chi connectivity index (χ0n) is 12.3. The van der Waals surface area contributed by atoms with Crippen molar-refractivity contribution in [1.82, 2.24) is 4.90 Å². The van der Waals surface area contributed by atoms with E-state index in [0.29, 0.717) is 19.7 Å². The zero-order chi connectivity index (χ0) is 14.4. The Morgan fingerprint density at radius 1 is 1.32 bits per heavy atom. The molecular formula is C15H24N2O2. The molecule has 1 rings (SSSR count). The summed E-state index contributed by atoms with van der Waals surface area (Å²) in [5, 5.41) is 0. The Labute approximate surface area is 115 Å². The van der Waals surface area contributed by atoms with E-state index in [9.17, 15) is 4.79 Å². The third-order valence-corrected chi connectivity index (χ3v) is 3.04. The number of hydrogen-bond acceptors (Lipinski definition) is 3. The molecule has 1 aromatic carbocycles. The summed E-state index contributed by atoms with van der Waals surface area (Å²) >= 11 is 0. The molecule has 0 fully saturated rings. The van der Waals surface area contributed by atoms with Gasteiger partial charge < -0.3 is 15.4 Å². The van der Waals surface area contributed by atoms with Crippen molar-refractivity contribution in [2.75, 3.05) is 26.7 Å². The number of carbonyl (C=O) groups excluding carboxylic acids is 1. The van der Waals surface area contributed by atoms with Gasteiger partial charge in [0.25, 0.3) is 0 Å². The van der Waals surface area contributed by atoms with Crippen LogP contribution in [0, 0.1) is 19.8 Å². The molecule has 0 radical (unpaired) electrons. The maximum Gasteiger partial charge on any atom is 0.226 e. The van der Waals surface area contributed by atoms with Gasteiger partial charge in [-0.25, -0.2) is 0 Å². The maximum atomic E-state index is 11.8. The number of carbonyl (C=O) groups is 1. The number of likely N-dealkylation sites (N-methyl/N-ethyl adjacent to an activating group) is 1. The number of rotatable bonds is 6. The van der Waals surface area contributed by atoms with Crippen molar-refractivity contribution in [2.24, 2.45) is 11.7 Å². The Morgan fingerprint density at radius 3 is 2.42 bits per heavy atom. The predicted octanol–water partition coefficient (Wildman–Crippen LogP) is 1.74. The van der Waals surface area contributed by atoms with Gasteiger partial charge >= 0.3 is 0 Å². The number of nitrogens with two attached hydrogens (primary N) is 1. The predicted molar refractivity (Wildman–Crippen MR) is 77.3 cm³/mol. The van der Waals surface area contributed by atoms with E-state index in [0.717, 1.165) is 5.75 Å². The van der Waals surface area contributed by atoms with Crippen molar-refractivity contribution >= 4 is 5.91 Å². The van der Waals surface area contributed by atoms with Gasteiger partial charge in [-0.2, -0.15) is 0 Å². The highest BCUT2D eigenvalue weighted by molar-refractivity contribution is 5.78. The van der Waals surface area contributed by atoms with E-state index in [2.05, 4.69) is 6.07 Å². The first-order valence-electron chi connectivity index (χ1n) is 6.60. The summed E-state index contributed by atoms with van der Waals surface area (Å²) in [5.74, 6) is 0.781. The average Bonchev–Trinajstić information content (AvgIpc) is 2.35. The summed E-state index contributed by atoms with van der Waals surface area (Å²) in [4.78, 5) is 13.5. The van der Waals surface area contributed by atoms with Crippen molar-refractivity contribution in [2.45, 2.75) is 20.8 Å². The van der Waals surface area contributed by atoms with E-state index in [1.807, 2.05) is 32.9 Å². The molecule has 0 saturated carbocycles. The lowest BCUT2D eigenvalue weighted by Gasteiger charge is -2.20. The topological polar surface area (TPSA) is 55.6 Å². The Kier molecular flexibility index (Phi) is 5.83. The van der Waals surface area contributed by atoms with Gasteiger partial charge in [-0.05, 0) is 37.1 Å². The van der Waals surface area contributed by atoms with Crippen molar-refractivity contribution in [3.8, 4) is 5.75 Å². The first-order chi connectivity index (χ1) is 8.93. The third kappa shape index (κ3) is 4.91. The number of ether oxygens (including phenoxy) is 1. The first-order valence-corrected chi connectivity index (χ1v) is 6.60. The Morgan fingerprint density at radius 2 is 1.89 bits per heavy atom. The van der Waals surface area contributed by atoms with Crippen molar-refractivity contribution in [1.29, 1.82) is 0 Å². The normalized spacial score (nSPS) is 12.1. The third-order valence-electron chi connectivity index (χ3n) is 3.04. The molecular weight excluding hydrogens is 240 g/mol. The minimum atomic E-state index is -0.133. The maximum absolute atomic E-state index is 11.8. The molecule has 1 unspecified atom stereocenters. The van der Waals surface area contributed by atoms with Crippen LogP contribution in [0.3, 0.4) is 0 Å². The molecule has 19 heavy (non-hydrogen) atoms. The Hall–Kier alpha value is -1.55. The van der Waals surface area contributed by atoms with E-state index >= 15 is 0 Å². The lowest BCUT2D eigenvalue weighted by molar-refractivity contribution is -0.133. The fourth-order valence-corrected chi connectivity index (χ4v) is 1.90. The number of aryl methyl sites for hydroxylation is 2. The van der Waals surface area contributed by atoms with Crippen LogP contribution in [0.5, 0.6) is 5.75 Å². The van der Waals surface area contributed by atoms with E-state index < -0.39 is 0 Å². The van der Waals surface area contributed by atoms with Crippen LogP contribution >= 0.6 is 0 Å². The highest BCUT2D eigenvalue weighted by Gasteiger charge is 2.15. The van der Waals surface area contributed by atoms with Crippen LogP contribution in [0.1, 0.15) is 18.1 Å². The van der Waals surface area contributed by atoms with E-state index in [4.69, 9.17) is 10.5 Å². The molecule has 1 atom stereocenters. The quantitative estimate of drug-likeness (QED) is 0.851. The molecule has 0 aliphatic rings. The average molecular weight is 264 g/mol. The lowest BCUT2D eigenvalue weighted by Crippen LogP contribution is -2.37. The summed E-state index contributed by atoms with van der Waals surface area (Å²) in [7, 11) is 1.78. The van der Waals surface area contributed by atoms with E-state index in [-0.39, 0.29) is 11.8 Å². The van der Waals surface area contributed by atoms with Gasteiger partial charge in [0.2, 0.25) is 5.91 Å². The molecule has 1 aromatic rings. The van der Waals surface area contributed by atoms with E-state index in [1.54, 1.807) is 11.9 Å². The molecule has 106 valence electrons. The van der Waals surface area contributed by atoms with Gasteiger partial charge in [0.05, 0.1) is 6.54 Å². The van der Waals surface area contributed by atoms with Crippen LogP contribution in [0.2, 0.25) is 0 Å². The van der Waals surface area contributed by atoms with Crippen molar-refractivity contribution < 1.29 is 9.53 Å². The second-order valence-electron chi connectivity index (χ2n) is 5.07. The largest absolute Gasteiger partial charge is 0.492 e. The zero-order valence-corrected chi connectivity index (χ0v) is 12.3. The minimum absolute atomic E-state index is 0.0616. The number of hydrogen-bond donors (Lipinski definition) is 1. The van der Waals surface area contributed by atoms with Gasteiger partial charge in [-0.15, -0.1) is 0 Å². The van der Waals surface area contributed by atoms with Crippen LogP contribution in [-0.2, 0) is 4.79 Å². The molecule has 0 spiro atoms. The van der Waals surface area contributed by atoms with Gasteiger partial charge in [0.1, 0.15) is 12.4 Å². The second kappa shape index (κ2) is 7.14. The smallest absolute Gasteiger partial charge is 0.226 e. The van der Waals surface area contributed by atoms with Crippen molar-refractivity contribution in [3.63, 3.8) is 0 Å². The van der Waals surface area contributed by atoms with Crippen LogP contribution in [-0.4, -0.2) is 37.6 Å². The number of nitrogens with zero attached hydrogens (tertiary/aromatic N) is 1. The molecule has 4 nitrogen and oxygen atoms in total. The molecule has 0 aromatic heterocycles. The summed E-state index contributed by atoms with van der Waals surface area (Å²) in [6, 6.07) is 6.10. The minimum Gasteiger partial charge on any atom is -0.492 e. The fourth-order valence-electron chi connectivity index (χ4n) is 1.90. The molecule has 0 aliphatic carbocycles. The summed E-state index contributed by atoms with van der Waals surface area (Å²) < 4.78 is 5.68. The number of benzene rings is 1. The second-order valence-corrected chi connectivity index (χ2v) is 5.07. The van der Waals surface area contributed by atoms with Crippen LogP contribution in [0.25, 0.3) is 0 Å². The van der Waals surface area contributed by atoms with Gasteiger partial charge in [-0.1, -0.05) is 13.0 Å². The van der Waals surface area contributed by atoms with Gasteiger partial charge in [0, 0.05) is 19.5 Å². The highest BCUT2D eigenvalue weighted by Crippen LogP contribution is 2.16. The molecule has 0 saturated heterocycles. The first kappa shape index (κ1) is 15.5. The lowest BCUT2D eigenvalue weighted by atomic mass is 10.1.